The Morgan fingerprint density at radius 2 is 1.62 bits per heavy atom. The number of aliphatic hydroxyl groups excluding tert-OH is 4. The molecule has 4 nitrogen and oxygen atoms in total. The predicted octanol–water partition coefficient (Wildman–Crippen LogP) is 4.55. The van der Waals surface area contributed by atoms with Crippen LogP contribution in [0.15, 0.2) is 12.2 Å². The molecule has 2 unspecified atom stereocenters. The first-order valence-electron chi connectivity index (χ1n) is 13.4. The third-order valence-corrected chi connectivity index (χ3v) is 11.3. The van der Waals surface area contributed by atoms with Crippen molar-refractivity contribution in [1.29, 1.82) is 0 Å². The summed E-state index contributed by atoms with van der Waals surface area (Å²) in [5, 5.41) is 42.3. The smallest absolute Gasteiger partial charge is 0.0579 e. The van der Waals surface area contributed by atoms with E-state index in [-0.39, 0.29) is 53.5 Å². The maximum absolute atomic E-state index is 11.4. The number of rotatable bonds is 6. The molecule has 0 aromatic carbocycles. The molecule has 0 aliphatic heterocycles. The van der Waals surface area contributed by atoms with Gasteiger partial charge in [0.1, 0.15) is 0 Å². The van der Waals surface area contributed by atoms with Crippen molar-refractivity contribution in [3.8, 4) is 0 Å². The molecule has 4 rings (SSSR count). The molecule has 4 aliphatic rings. The van der Waals surface area contributed by atoms with Crippen molar-refractivity contribution >= 4 is 0 Å². The Labute approximate surface area is 195 Å². The fraction of sp³-hybridized carbons (Fsp3) is 0.929. The molecule has 0 heterocycles. The van der Waals surface area contributed by atoms with Crippen LogP contribution in [0.3, 0.4) is 0 Å². The zero-order valence-electron chi connectivity index (χ0n) is 20.8. The molecule has 0 bridgehead atoms. The molecule has 0 spiro atoms. The second kappa shape index (κ2) is 8.98. The van der Waals surface area contributed by atoms with Crippen molar-refractivity contribution in [2.24, 2.45) is 52.3 Å². The lowest BCUT2D eigenvalue weighted by Gasteiger charge is -2.62. The summed E-state index contributed by atoms with van der Waals surface area (Å²) in [6.07, 6.45) is 7.73. The minimum atomic E-state index is -0.356. The van der Waals surface area contributed by atoms with E-state index in [1.54, 1.807) is 0 Å². The largest absolute Gasteiger partial charge is 0.396 e. The number of hydrogen-bond donors (Lipinski definition) is 4. The molecule has 184 valence electrons. The molecule has 4 fully saturated rings. The minimum absolute atomic E-state index is 0.0878. The molecule has 12 atom stereocenters. The summed E-state index contributed by atoms with van der Waals surface area (Å²) in [5.74, 6) is 2.57. The Kier molecular flexibility index (Phi) is 6.93. The van der Waals surface area contributed by atoms with Crippen LogP contribution in [0.2, 0.25) is 0 Å². The van der Waals surface area contributed by atoms with Crippen LogP contribution in [-0.4, -0.2) is 45.3 Å². The summed E-state index contributed by atoms with van der Waals surface area (Å²) in [5.41, 5.74) is 1.35. The SMILES string of the molecule is C=C(CC[C@@H](C)[C@H]1C[C@@H](O)[C@H]2C3C[C@H](O)C4C[C@@H](O)CC[C@]4(C)[C@H]3CC[C@]12C)[C@H](C)CO. The summed E-state index contributed by atoms with van der Waals surface area (Å²) < 4.78 is 0. The van der Waals surface area contributed by atoms with Crippen LogP contribution >= 0.6 is 0 Å². The highest BCUT2D eigenvalue weighted by Gasteiger charge is 2.64. The molecule has 0 aromatic rings. The van der Waals surface area contributed by atoms with E-state index in [0.29, 0.717) is 23.7 Å². The predicted molar refractivity (Wildman–Crippen MR) is 128 cm³/mol. The molecule has 4 aliphatic carbocycles. The van der Waals surface area contributed by atoms with Crippen LogP contribution in [0.4, 0.5) is 0 Å². The fourth-order valence-electron chi connectivity index (χ4n) is 9.26. The normalized spacial score (nSPS) is 50.1. The van der Waals surface area contributed by atoms with Gasteiger partial charge in [0.05, 0.1) is 18.3 Å². The lowest BCUT2D eigenvalue weighted by molar-refractivity contribution is -0.181. The van der Waals surface area contributed by atoms with Crippen molar-refractivity contribution in [3.05, 3.63) is 12.2 Å². The number of fused-ring (bicyclic) bond motifs is 5. The molecule has 0 radical (unpaired) electrons. The number of hydrogen-bond acceptors (Lipinski definition) is 4. The zero-order chi connectivity index (χ0) is 23.4. The van der Waals surface area contributed by atoms with Gasteiger partial charge in [-0.3, -0.25) is 0 Å². The first-order chi connectivity index (χ1) is 15.0. The zero-order valence-corrected chi connectivity index (χ0v) is 20.8. The topological polar surface area (TPSA) is 80.9 Å². The first kappa shape index (κ1) is 24.7. The first-order valence-corrected chi connectivity index (χ1v) is 13.4. The Balaban J connectivity index is 1.52. The molecule has 4 heteroatoms. The summed E-state index contributed by atoms with van der Waals surface area (Å²) in [7, 11) is 0. The van der Waals surface area contributed by atoms with Crippen LogP contribution < -0.4 is 0 Å². The molecular formula is C28H48O4. The monoisotopic (exact) mass is 448 g/mol. The molecule has 0 aromatic heterocycles. The van der Waals surface area contributed by atoms with Gasteiger partial charge in [-0.15, -0.1) is 0 Å². The highest BCUT2D eigenvalue weighted by molar-refractivity contribution is 5.13. The maximum atomic E-state index is 11.4. The van der Waals surface area contributed by atoms with E-state index in [0.717, 1.165) is 50.5 Å². The standard InChI is InChI=1S/C28H48O4/c1-16(18(3)15-29)6-7-17(2)22-14-25(32)26-20-13-24(31)23-12-19(30)8-10-27(23,4)21(20)9-11-28(22,26)5/h17-26,29-32H,1,6-15H2,2-5H3/t17-,18-,19+,20?,21+,22-,23?,24+,25-,26-,27-,28-/m1/s1. The Bertz CT molecular complexity index is 693. The van der Waals surface area contributed by atoms with Crippen LogP contribution in [0.1, 0.15) is 85.5 Å². The second-order valence-corrected chi connectivity index (χ2v) is 12.9. The van der Waals surface area contributed by atoms with Gasteiger partial charge < -0.3 is 20.4 Å². The van der Waals surface area contributed by atoms with Crippen LogP contribution in [0, 0.1) is 52.3 Å². The summed E-state index contributed by atoms with van der Waals surface area (Å²) in [4.78, 5) is 0. The van der Waals surface area contributed by atoms with Gasteiger partial charge in [0.25, 0.3) is 0 Å². The van der Waals surface area contributed by atoms with Crippen molar-refractivity contribution in [2.75, 3.05) is 6.61 Å². The van der Waals surface area contributed by atoms with E-state index in [2.05, 4.69) is 27.4 Å². The minimum Gasteiger partial charge on any atom is -0.396 e. The summed E-state index contributed by atoms with van der Waals surface area (Å²) in [6.45, 7) is 13.6. The van der Waals surface area contributed by atoms with Crippen LogP contribution in [0.5, 0.6) is 0 Å². The van der Waals surface area contributed by atoms with Gasteiger partial charge in [-0.05, 0) is 110 Å². The van der Waals surface area contributed by atoms with E-state index in [1.807, 2.05) is 6.92 Å². The van der Waals surface area contributed by atoms with Crippen LogP contribution in [0.25, 0.3) is 0 Å². The van der Waals surface area contributed by atoms with Gasteiger partial charge in [0, 0.05) is 6.61 Å². The van der Waals surface area contributed by atoms with Gasteiger partial charge in [0.15, 0.2) is 0 Å². The summed E-state index contributed by atoms with van der Waals surface area (Å²) in [6, 6.07) is 0. The third kappa shape index (κ3) is 3.91. The van der Waals surface area contributed by atoms with Gasteiger partial charge in [-0.1, -0.05) is 39.8 Å². The average molecular weight is 449 g/mol. The van der Waals surface area contributed by atoms with Gasteiger partial charge >= 0.3 is 0 Å². The lowest BCUT2D eigenvalue weighted by Crippen LogP contribution is -2.59. The lowest BCUT2D eigenvalue weighted by atomic mass is 9.43. The molecule has 4 N–H and O–H groups in total. The van der Waals surface area contributed by atoms with E-state index in [1.165, 1.54) is 12.8 Å². The molecule has 4 saturated carbocycles. The molecule has 0 amide bonds. The van der Waals surface area contributed by atoms with E-state index in [4.69, 9.17) is 0 Å². The van der Waals surface area contributed by atoms with Crippen molar-refractivity contribution in [1.82, 2.24) is 0 Å². The Morgan fingerprint density at radius 3 is 2.31 bits per heavy atom. The highest BCUT2D eigenvalue weighted by atomic mass is 16.3. The van der Waals surface area contributed by atoms with Gasteiger partial charge in [-0.25, -0.2) is 0 Å². The van der Waals surface area contributed by atoms with E-state index >= 15 is 0 Å². The Hall–Kier alpha value is -0.420. The average Bonchev–Trinajstić information content (AvgIpc) is 3.03. The molecule has 0 saturated heterocycles. The van der Waals surface area contributed by atoms with Gasteiger partial charge in [-0.2, -0.15) is 0 Å². The van der Waals surface area contributed by atoms with E-state index < -0.39 is 0 Å². The van der Waals surface area contributed by atoms with Gasteiger partial charge in [0.2, 0.25) is 0 Å². The van der Waals surface area contributed by atoms with Crippen molar-refractivity contribution in [2.45, 2.75) is 104 Å². The maximum Gasteiger partial charge on any atom is 0.0579 e. The fourth-order valence-corrected chi connectivity index (χ4v) is 9.26. The van der Waals surface area contributed by atoms with Crippen LogP contribution in [-0.2, 0) is 0 Å². The highest BCUT2D eigenvalue weighted by Crippen LogP contribution is 2.68. The summed E-state index contributed by atoms with van der Waals surface area (Å²) >= 11 is 0. The second-order valence-electron chi connectivity index (χ2n) is 12.9. The van der Waals surface area contributed by atoms with Crippen molar-refractivity contribution in [3.63, 3.8) is 0 Å². The van der Waals surface area contributed by atoms with E-state index in [9.17, 15) is 20.4 Å². The number of aliphatic hydroxyl groups is 4. The quantitative estimate of drug-likeness (QED) is 0.450. The molecule has 32 heavy (non-hydrogen) atoms. The third-order valence-electron chi connectivity index (χ3n) is 11.3. The Morgan fingerprint density at radius 1 is 0.938 bits per heavy atom. The van der Waals surface area contributed by atoms with Crippen molar-refractivity contribution < 1.29 is 20.4 Å². The molecular weight excluding hydrogens is 400 g/mol.